The number of carbonyl (C=O) groups is 1. The van der Waals surface area contributed by atoms with Gasteiger partial charge < -0.3 is 14.2 Å². The Morgan fingerprint density at radius 1 is 1.42 bits per heavy atom. The van der Waals surface area contributed by atoms with Crippen LogP contribution in [0.5, 0.6) is 0 Å². The second-order valence-electron chi connectivity index (χ2n) is 6.10. The predicted octanol–water partition coefficient (Wildman–Crippen LogP) is 2.43. The molecular formula is C15H22O4. The van der Waals surface area contributed by atoms with Gasteiger partial charge in [0, 0.05) is 18.3 Å². The molecule has 19 heavy (non-hydrogen) atoms. The molecule has 4 nitrogen and oxygen atoms in total. The molecule has 1 saturated heterocycles. The van der Waals surface area contributed by atoms with Gasteiger partial charge in [0.05, 0.1) is 26.2 Å². The van der Waals surface area contributed by atoms with Gasteiger partial charge in [0.15, 0.2) is 5.79 Å². The van der Waals surface area contributed by atoms with E-state index in [1.807, 2.05) is 0 Å². The largest absolute Gasteiger partial charge is 0.469 e. The van der Waals surface area contributed by atoms with Gasteiger partial charge >= 0.3 is 5.97 Å². The number of hydrogen-bond acceptors (Lipinski definition) is 4. The zero-order chi connectivity index (χ0) is 13.5. The lowest BCUT2D eigenvalue weighted by atomic mass is 9.58. The van der Waals surface area contributed by atoms with Gasteiger partial charge in [-0.1, -0.05) is 18.6 Å². The highest BCUT2D eigenvalue weighted by Gasteiger charge is 2.55. The van der Waals surface area contributed by atoms with Crippen molar-refractivity contribution in [2.75, 3.05) is 20.3 Å². The van der Waals surface area contributed by atoms with Crippen molar-refractivity contribution in [3.8, 4) is 0 Å². The van der Waals surface area contributed by atoms with Crippen LogP contribution in [0.1, 0.15) is 39.0 Å². The van der Waals surface area contributed by atoms with E-state index in [0.717, 1.165) is 25.7 Å². The smallest absolute Gasteiger partial charge is 0.309 e. The van der Waals surface area contributed by atoms with Gasteiger partial charge in [-0.15, -0.1) is 0 Å². The minimum atomic E-state index is -0.582. The number of hydrogen-bond donors (Lipinski definition) is 0. The average Bonchev–Trinajstić information content (AvgIpc) is 2.86. The Bertz CT molecular complexity index is 408. The van der Waals surface area contributed by atoms with Crippen LogP contribution in [0.3, 0.4) is 0 Å². The van der Waals surface area contributed by atoms with E-state index in [2.05, 4.69) is 13.0 Å². The minimum absolute atomic E-state index is 0.0775. The van der Waals surface area contributed by atoms with Crippen molar-refractivity contribution in [2.45, 2.75) is 44.8 Å². The molecule has 1 aliphatic heterocycles. The molecule has 4 heteroatoms. The summed E-state index contributed by atoms with van der Waals surface area (Å²) in [5.74, 6) is -0.869. The van der Waals surface area contributed by atoms with Crippen LogP contribution >= 0.6 is 0 Å². The number of ether oxygens (including phenoxy) is 3. The molecule has 1 saturated carbocycles. The molecule has 2 fully saturated rings. The highest BCUT2D eigenvalue weighted by molar-refractivity contribution is 5.74. The Balaban J connectivity index is 1.97. The summed E-state index contributed by atoms with van der Waals surface area (Å²) in [5.41, 5.74) is 1.24. The zero-order valence-electron chi connectivity index (χ0n) is 11.7. The second-order valence-corrected chi connectivity index (χ2v) is 6.10. The Hall–Kier alpha value is -0.870. The Morgan fingerprint density at radius 2 is 2.16 bits per heavy atom. The molecule has 2 atom stereocenters. The summed E-state index contributed by atoms with van der Waals surface area (Å²) < 4.78 is 16.7. The molecule has 0 bridgehead atoms. The second kappa shape index (κ2) is 4.60. The van der Waals surface area contributed by atoms with Crippen molar-refractivity contribution in [1.29, 1.82) is 0 Å². The van der Waals surface area contributed by atoms with Crippen LogP contribution in [-0.4, -0.2) is 32.1 Å². The third kappa shape index (κ3) is 2.01. The SMILES string of the molecule is COC(=O)[C@@H]1CC2(CC3=CCCC[C@]31C)OCCO2. The maximum Gasteiger partial charge on any atom is 0.309 e. The van der Waals surface area contributed by atoms with Crippen molar-refractivity contribution < 1.29 is 19.0 Å². The van der Waals surface area contributed by atoms with E-state index in [1.54, 1.807) is 0 Å². The maximum absolute atomic E-state index is 12.2. The molecule has 2 aliphatic carbocycles. The summed E-state index contributed by atoms with van der Waals surface area (Å²) >= 11 is 0. The lowest BCUT2D eigenvalue weighted by molar-refractivity contribution is -0.200. The molecule has 0 amide bonds. The summed E-state index contributed by atoms with van der Waals surface area (Å²) in [5, 5.41) is 0. The molecule has 0 aromatic heterocycles. The van der Waals surface area contributed by atoms with Crippen molar-refractivity contribution in [2.24, 2.45) is 11.3 Å². The Morgan fingerprint density at radius 3 is 2.84 bits per heavy atom. The van der Waals surface area contributed by atoms with Gasteiger partial charge in [-0.05, 0) is 19.3 Å². The van der Waals surface area contributed by atoms with Gasteiger partial charge in [-0.25, -0.2) is 0 Å². The molecule has 0 aromatic rings. The highest BCUT2D eigenvalue weighted by Crippen LogP contribution is 2.55. The molecule has 0 N–H and O–H groups in total. The van der Waals surface area contributed by atoms with Crippen LogP contribution < -0.4 is 0 Å². The summed E-state index contributed by atoms with van der Waals surface area (Å²) in [7, 11) is 1.47. The minimum Gasteiger partial charge on any atom is -0.469 e. The molecule has 0 radical (unpaired) electrons. The number of methoxy groups -OCH3 is 1. The number of rotatable bonds is 1. The van der Waals surface area contributed by atoms with Crippen molar-refractivity contribution in [1.82, 2.24) is 0 Å². The molecule has 1 spiro atoms. The molecule has 0 unspecified atom stereocenters. The van der Waals surface area contributed by atoms with Crippen LogP contribution in [0.2, 0.25) is 0 Å². The molecule has 0 aromatic carbocycles. The maximum atomic E-state index is 12.2. The van der Waals surface area contributed by atoms with Gasteiger partial charge in [0.2, 0.25) is 0 Å². The molecular weight excluding hydrogens is 244 g/mol. The fraction of sp³-hybridized carbons (Fsp3) is 0.800. The lowest BCUT2D eigenvalue weighted by Gasteiger charge is -2.49. The number of esters is 1. The van der Waals surface area contributed by atoms with Gasteiger partial charge in [0.25, 0.3) is 0 Å². The van der Waals surface area contributed by atoms with Crippen LogP contribution in [0.15, 0.2) is 11.6 Å². The average molecular weight is 266 g/mol. The molecule has 3 rings (SSSR count). The van der Waals surface area contributed by atoms with E-state index in [-0.39, 0.29) is 17.3 Å². The monoisotopic (exact) mass is 266 g/mol. The standard InChI is InChI=1S/C15H22O4/c1-14-6-4-3-5-11(14)9-15(18-7-8-19-15)10-12(14)13(16)17-2/h5,12H,3-4,6-10H2,1-2H3/t12-,14+/m0/s1. The Labute approximate surface area is 114 Å². The van der Waals surface area contributed by atoms with Crippen molar-refractivity contribution in [3.05, 3.63) is 11.6 Å². The van der Waals surface area contributed by atoms with E-state index < -0.39 is 5.79 Å². The first-order chi connectivity index (χ1) is 9.10. The third-order valence-electron chi connectivity index (χ3n) is 5.07. The van der Waals surface area contributed by atoms with Gasteiger partial charge in [-0.3, -0.25) is 4.79 Å². The van der Waals surface area contributed by atoms with Gasteiger partial charge in [-0.2, -0.15) is 0 Å². The molecule has 3 aliphatic rings. The number of allylic oxidation sites excluding steroid dienone is 1. The fourth-order valence-electron chi connectivity index (χ4n) is 3.91. The lowest BCUT2D eigenvalue weighted by Crippen LogP contribution is -2.50. The fourth-order valence-corrected chi connectivity index (χ4v) is 3.91. The van der Waals surface area contributed by atoms with E-state index in [4.69, 9.17) is 14.2 Å². The topological polar surface area (TPSA) is 44.8 Å². The zero-order valence-corrected chi connectivity index (χ0v) is 11.7. The van der Waals surface area contributed by atoms with Crippen LogP contribution in [0.25, 0.3) is 0 Å². The summed E-state index contributed by atoms with van der Waals surface area (Å²) in [6.45, 7) is 3.44. The van der Waals surface area contributed by atoms with E-state index in [1.165, 1.54) is 12.7 Å². The van der Waals surface area contributed by atoms with Crippen LogP contribution in [0.4, 0.5) is 0 Å². The molecule has 106 valence electrons. The van der Waals surface area contributed by atoms with Gasteiger partial charge in [0.1, 0.15) is 0 Å². The van der Waals surface area contributed by atoms with E-state index in [9.17, 15) is 4.79 Å². The Kier molecular flexibility index (Phi) is 3.18. The normalized spacial score (nSPS) is 36.7. The van der Waals surface area contributed by atoms with Crippen molar-refractivity contribution in [3.63, 3.8) is 0 Å². The summed E-state index contributed by atoms with van der Waals surface area (Å²) in [6, 6.07) is 0. The summed E-state index contributed by atoms with van der Waals surface area (Å²) in [4.78, 5) is 12.2. The van der Waals surface area contributed by atoms with Crippen molar-refractivity contribution >= 4 is 5.97 Å². The highest BCUT2D eigenvalue weighted by atomic mass is 16.7. The van der Waals surface area contributed by atoms with E-state index in [0.29, 0.717) is 19.6 Å². The quantitative estimate of drug-likeness (QED) is 0.540. The number of fused-ring (bicyclic) bond motifs is 1. The first kappa shape index (κ1) is 13.1. The third-order valence-corrected chi connectivity index (χ3v) is 5.07. The predicted molar refractivity (Wildman–Crippen MR) is 69.4 cm³/mol. The number of carbonyl (C=O) groups excluding carboxylic acids is 1. The van der Waals surface area contributed by atoms with Crippen LogP contribution in [0, 0.1) is 11.3 Å². The van der Waals surface area contributed by atoms with Crippen LogP contribution in [-0.2, 0) is 19.0 Å². The molecule has 1 heterocycles. The first-order valence-corrected chi connectivity index (χ1v) is 7.15. The first-order valence-electron chi connectivity index (χ1n) is 7.15. The van der Waals surface area contributed by atoms with E-state index >= 15 is 0 Å². The summed E-state index contributed by atoms with van der Waals surface area (Å²) in [6.07, 6.45) is 6.99.